The van der Waals surface area contributed by atoms with Gasteiger partial charge in [0.1, 0.15) is 17.5 Å². The first-order chi connectivity index (χ1) is 15.0. The molecule has 0 radical (unpaired) electrons. The molecule has 1 aromatic heterocycles. The van der Waals surface area contributed by atoms with Gasteiger partial charge in [-0.05, 0) is 42.2 Å². The SMILES string of the molecule is O=C(Cc1ccccc1F)N[C@@H](Cc1cc(=O)[nH]c(C2CCC2)n1)c1ccc(F)cc1. The molecule has 1 amide bonds. The van der Waals surface area contributed by atoms with E-state index in [1.807, 2.05) is 0 Å². The number of aromatic nitrogens is 2. The highest BCUT2D eigenvalue weighted by Crippen LogP contribution is 2.34. The van der Waals surface area contributed by atoms with Crippen LogP contribution in [0, 0.1) is 11.6 Å². The zero-order valence-corrected chi connectivity index (χ0v) is 16.9. The predicted octanol–water partition coefficient (Wildman–Crippen LogP) is 3.96. The molecule has 2 aromatic carbocycles. The van der Waals surface area contributed by atoms with Crippen LogP contribution in [0.2, 0.25) is 0 Å². The van der Waals surface area contributed by atoms with E-state index >= 15 is 0 Å². The maximum absolute atomic E-state index is 13.9. The normalized spacial score (nSPS) is 14.6. The van der Waals surface area contributed by atoms with Crippen molar-refractivity contribution >= 4 is 5.91 Å². The summed E-state index contributed by atoms with van der Waals surface area (Å²) < 4.78 is 27.4. The number of benzene rings is 2. The van der Waals surface area contributed by atoms with Gasteiger partial charge < -0.3 is 10.3 Å². The predicted molar refractivity (Wildman–Crippen MR) is 113 cm³/mol. The Morgan fingerprint density at radius 2 is 1.87 bits per heavy atom. The molecule has 2 N–H and O–H groups in total. The highest BCUT2D eigenvalue weighted by Gasteiger charge is 2.23. The smallest absolute Gasteiger partial charge is 0.251 e. The van der Waals surface area contributed by atoms with Crippen LogP contribution >= 0.6 is 0 Å². The molecule has 1 atom stereocenters. The van der Waals surface area contributed by atoms with Gasteiger partial charge in [0.2, 0.25) is 5.91 Å². The van der Waals surface area contributed by atoms with Gasteiger partial charge in [-0.3, -0.25) is 9.59 Å². The Morgan fingerprint density at radius 1 is 1.13 bits per heavy atom. The standard InChI is InChI=1S/C24H23F2N3O2/c25-18-10-8-15(9-11-18)21(28-22(30)12-17-4-1-2-7-20(17)26)13-19-14-23(31)29-24(27-19)16-5-3-6-16/h1-2,4,7-11,14,16,21H,3,5-6,12-13H2,(H,28,30)(H,27,29,31)/t21-/m0/s1. The molecule has 1 aliphatic carbocycles. The van der Waals surface area contributed by atoms with Crippen LogP contribution in [0.15, 0.2) is 59.4 Å². The molecule has 5 nitrogen and oxygen atoms in total. The fourth-order valence-electron chi connectivity index (χ4n) is 3.72. The lowest BCUT2D eigenvalue weighted by Gasteiger charge is -2.25. The van der Waals surface area contributed by atoms with Crippen molar-refractivity contribution < 1.29 is 13.6 Å². The molecule has 0 bridgehead atoms. The number of carbonyl (C=O) groups excluding carboxylic acids is 1. The Labute approximate surface area is 178 Å². The molecule has 1 heterocycles. The highest BCUT2D eigenvalue weighted by molar-refractivity contribution is 5.79. The van der Waals surface area contributed by atoms with E-state index in [9.17, 15) is 18.4 Å². The number of carbonyl (C=O) groups is 1. The van der Waals surface area contributed by atoms with E-state index in [-0.39, 0.29) is 36.0 Å². The van der Waals surface area contributed by atoms with Crippen molar-refractivity contribution in [2.24, 2.45) is 0 Å². The number of rotatable bonds is 7. The first kappa shape index (κ1) is 20.9. The van der Waals surface area contributed by atoms with Crippen molar-refractivity contribution in [1.29, 1.82) is 0 Å². The molecular formula is C24H23F2N3O2. The molecule has 1 aliphatic rings. The second kappa shape index (κ2) is 9.20. The Hall–Kier alpha value is -3.35. The third-order valence-electron chi connectivity index (χ3n) is 5.63. The summed E-state index contributed by atoms with van der Waals surface area (Å²) in [6.45, 7) is 0. The fourth-order valence-corrected chi connectivity index (χ4v) is 3.72. The number of H-pyrrole nitrogens is 1. The van der Waals surface area contributed by atoms with Crippen LogP contribution in [0.1, 0.15) is 53.9 Å². The monoisotopic (exact) mass is 423 g/mol. The summed E-state index contributed by atoms with van der Waals surface area (Å²) in [7, 11) is 0. The zero-order chi connectivity index (χ0) is 21.8. The van der Waals surface area contributed by atoms with Crippen LogP contribution in [0.25, 0.3) is 0 Å². The maximum atomic E-state index is 13.9. The van der Waals surface area contributed by atoms with E-state index < -0.39 is 11.9 Å². The lowest BCUT2D eigenvalue weighted by atomic mass is 9.85. The van der Waals surface area contributed by atoms with E-state index in [0.29, 0.717) is 22.6 Å². The van der Waals surface area contributed by atoms with Gasteiger partial charge >= 0.3 is 0 Å². The van der Waals surface area contributed by atoms with E-state index in [4.69, 9.17) is 0 Å². The van der Waals surface area contributed by atoms with E-state index in [2.05, 4.69) is 15.3 Å². The van der Waals surface area contributed by atoms with Crippen LogP contribution in [-0.4, -0.2) is 15.9 Å². The van der Waals surface area contributed by atoms with Gasteiger partial charge in [0.05, 0.1) is 18.2 Å². The van der Waals surface area contributed by atoms with Crippen LogP contribution in [0.4, 0.5) is 8.78 Å². The summed E-state index contributed by atoms with van der Waals surface area (Å²) in [5, 5.41) is 2.89. The molecule has 3 aromatic rings. The molecule has 160 valence electrons. The van der Waals surface area contributed by atoms with Gasteiger partial charge in [0.25, 0.3) is 5.56 Å². The minimum atomic E-state index is -0.539. The Kier molecular flexibility index (Phi) is 6.21. The third-order valence-corrected chi connectivity index (χ3v) is 5.63. The number of hydrogen-bond acceptors (Lipinski definition) is 3. The summed E-state index contributed by atoms with van der Waals surface area (Å²) >= 11 is 0. The molecule has 0 aliphatic heterocycles. The molecule has 4 rings (SSSR count). The zero-order valence-electron chi connectivity index (χ0n) is 16.9. The quantitative estimate of drug-likeness (QED) is 0.604. The number of nitrogens with zero attached hydrogens (tertiary/aromatic N) is 1. The topological polar surface area (TPSA) is 74.8 Å². The van der Waals surface area contributed by atoms with Crippen LogP contribution in [-0.2, 0) is 17.6 Å². The highest BCUT2D eigenvalue weighted by atomic mass is 19.1. The summed E-state index contributed by atoms with van der Waals surface area (Å²) in [5.74, 6) is -0.278. The summed E-state index contributed by atoms with van der Waals surface area (Å²) in [6, 6.07) is 12.8. The van der Waals surface area contributed by atoms with Crippen molar-refractivity contribution in [1.82, 2.24) is 15.3 Å². The Bertz CT molecular complexity index is 1120. The number of aromatic amines is 1. The Morgan fingerprint density at radius 3 is 2.55 bits per heavy atom. The second-order valence-electron chi connectivity index (χ2n) is 7.89. The number of nitrogens with one attached hydrogen (secondary N) is 2. The Balaban J connectivity index is 1.57. The average molecular weight is 423 g/mol. The van der Waals surface area contributed by atoms with Crippen LogP contribution in [0.3, 0.4) is 0 Å². The van der Waals surface area contributed by atoms with E-state index in [1.54, 1.807) is 30.3 Å². The molecule has 7 heteroatoms. The van der Waals surface area contributed by atoms with Gasteiger partial charge in [-0.1, -0.05) is 36.8 Å². The number of halogens is 2. The molecule has 0 spiro atoms. The van der Waals surface area contributed by atoms with E-state index in [0.717, 1.165) is 19.3 Å². The molecule has 1 fully saturated rings. The van der Waals surface area contributed by atoms with Gasteiger partial charge in [-0.25, -0.2) is 13.8 Å². The first-order valence-corrected chi connectivity index (χ1v) is 10.4. The van der Waals surface area contributed by atoms with Crippen molar-refractivity contribution in [2.75, 3.05) is 0 Å². The minimum Gasteiger partial charge on any atom is -0.349 e. The summed E-state index contributed by atoms with van der Waals surface area (Å²) in [6.07, 6.45) is 3.24. The van der Waals surface area contributed by atoms with Gasteiger partial charge in [-0.2, -0.15) is 0 Å². The van der Waals surface area contributed by atoms with Crippen molar-refractivity contribution in [3.63, 3.8) is 0 Å². The summed E-state index contributed by atoms with van der Waals surface area (Å²) in [5.41, 5.74) is 1.28. The summed E-state index contributed by atoms with van der Waals surface area (Å²) in [4.78, 5) is 32.2. The van der Waals surface area contributed by atoms with Gasteiger partial charge in [0, 0.05) is 18.4 Å². The lowest BCUT2D eigenvalue weighted by molar-refractivity contribution is -0.121. The largest absolute Gasteiger partial charge is 0.349 e. The third kappa shape index (κ3) is 5.23. The molecule has 1 saturated carbocycles. The van der Waals surface area contributed by atoms with Gasteiger partial charge in [-0.15, -0.1) is 0 Å². The molecule has 31 heavy (non-hydrogen) atoms. The molecule has 0 saturated heterocycles. The van der Waals surface area contributed by atoms with Crippen molar-refractivity contribution in [2.45, 2.75) is 44.1 Å². The van der Waals surface area contributed by atoms with Crippen molar-refractivity contribution in [3.05, 3.63) is 99.2 Å². The number of hydrogen-bond donors (Lipinski definition) is 2. The molecular weight excluding hydrogens is 400 g/mol. The lowest BCUT2D eigenvalue weighted by Crippen LogP contribution is -2.32. The average Bonchev–Trinajstić information content (AvgIpc) is 2.68. The van der Waals surface area contributed by atoms with E-state index in [1.165, 1.54) is 24.3 Å². The van der Waals surface area contributed by atoms with Crippen molar-refractivity contribution in [3.8, 4) is 0 Å². The first-order valence-electron chi connectivity index (χ1n) is 10.4. The number of amides is 1. The fraction of sp³-hybridized carbons (Fsp3) is 0.292. The maximum Gasteiger partial charge on any atom is 0.251 e. The van der Waals surface area contributed by atoms with Gasteiger partial charge in [0.15, 0.2) is 0 Å². The molecule has 0 unspecified atom stereocenters. The second-order valence-corrected chi connectivity index (χ2v) is 7.89. The van der Waals surface area contributed by atoms with Crippen LogP contribution < -0.4 is 10.9 Å². The minimum absolute atomic E-state index is 0.125. The van der Waals surface area contributed by atoms with Crippen LogP contribution in [0.5, 0.6) is 0 Å².